The van der Waals surface area contributed by atoms with Crippen molar-refractivity contribution in [3.05, 3.63) is 24.5 Å². The van der Waals surface area contributed by atoms with Gasteiger partial charge in [-0.3, -0.25) is 9.78 Å². The lowest BCUT2D eigenvalue weighted by molar-refractivity contribution is -0.119. The molecule has 22 heavy (non-hydrogen) atoms. The fourth-order valence-corrected chi connectivity index (χ4v) is 3.38. The molecule has 3 rings (SSSR count). The summed E-state index contributed by atoms with van der Waals surface area (Å²) in [6.07, 6.45) is 8.12. The van der Waals surface area contributed by atoms with Crippen LogP contribution in [0.15, 0.2) is 29.7 Å². The molecule has 0 aliphatic heterocycles. The van der Waals surface area contributed by atoms with Crippen molar-refractivity contribution in [3.8, 4) is 11.4 Å². The molecule has 1 aliphatic carbocycles. The van der Waals surface area contributed by atoms with Gasteiger partial charge in [0.05, 0.1) is 5.75 Å². The van der Waals surface area contributed by atoms with E-state index in [1.807, 2.05) is 23.7 Å². The predicted molar refractivity (Wildman–Crippen MR) is 85.4 cm³/mol. The first kappa shape index (κ1) is 15.0. The van der Waals surface area contributed by atoms with Crippen LogP contribution in [0.5, 0.6) is 0 Å². The standard InChI is InChI=1S/C15H19N5OS/c1-20-14(11-5-4-8-16-9-11)18-19-15(20)22-10-13(21)17-12-6-2-3-7-12/h4-5,8-9,12H,2-3,6-7,10H2,1H3,(H,17,21). The first-order valence-electron chi connectivity index (χ1n) is 7.46. The number of nitrogens with one attached hydrogen (secondary N) is 1. The van der Waals surface area contributed by atoms with Crippen molar-refractivity contribution in [1.29, 1.82) is 0 Å². The second-order valence-corrected chi connectivity index (χ2v) is 6.39. The number of rotatable bonds is 5. The second kappa shape index (κ2) is 6.91. The van der Waals surface area contributed by atoms with E-state index in [-0.39, 0.29) is 5.91 Å². The Hall–Kier alpha value is -1.89. The Morgan fingerprint density at radius 1 is 1.41 bits per heavy atom. The maximum Gasteiger partial charge on any atom is 0.230 e. The molecule has 0 atom stereocenters. The van der Waals surface area contributed by atoms with E-state index in [0.29, 0.717) is 11.8 Å². The third-order valence-corrected chi connectivity index (χ3v) is 4.83. The van der Waals surface area contributed by atoms with E-state index >= 15 is 0 Å². The zero-order valence-electron chi connectivity index (χ0n) is 12.5. The number of carbonyl (C=O) groups is 1. The zero-order chi connectivity index (χ0) is 15.4. The third kappa shape index (κ3) is 3.47. The van der Waals surface area contributed by atoms with Gasteiger partial charge < -0.3 is 9.88 Å². The number of hydrogen-bond acceptors (Lipinski definition) is 5. The van der Waals surface area contributed by atoms with Crippen molar-refractivity contribution >= 4 is 17.7 Å². The van der Waals surface area contributed by atoms with E-state index in [0.717, 1.165) is 29.4 Å². The van der Waals surface area contributed by atoms with Gasteiger partial charge in [-0.25, -0.2) is 0 Å². The Bertz CT molecular complexity index is 637. The van der Waals surface area contributed by atoms with Gasteiger partial charge in [0.2, 0.25) is 5.91 Å². The molecule has 1 amide bonds. The van der Waals surface area contributed by atoms with Crippen molar-refractivity contribution in [1.82, 2.24) is 25.1 Å². The van der Waals surface area contributed by atoms with Crippen LogP contribution in [-0.4, -0.2) is 37.5 Å². The predicted octanol–water partition coefficient (Wildman–Crippen LogP) is 2.03. The van der Waals surface area contributed by atoms with E-state index in [9.17, 15) is 4.79 Å². The molecule has 2 aromatic heterocycles. The minimum Gasteiger partial charge on any atom is -0.353 e. The maximum absolute atomic E-state index is 12.0. The summed E-state index contributed by atoms with van der Waals surface area (Å²) in [4.78, 5) is 16.1. The third-order valence-electron chi connectivity index (χ3n) is 3.81. The van der Waals surface area contributed by atoms with Gasteiger partial charge in [0.15, 0.2) is 11.0 Å². The van der Waals surface area contributed by atoms with Crippen LogP contribution in [0.1, 0.15) is 25.7 Å². The first-order valence-corrected chi connectivity index (χ1v) is 8.44. The summed E-state index contributed by atoms with van der Waals surface area (Å²) in [5, 5.41) is 12.2. The second-order valence-electron chi connectivity index (χ2n) is 5.44. The average Bonchev–Trinajstić information content (AvgIpc) is 3.16. The quantitative estimate of drug-likeness (QED) is 0.854. The fraction of sp³-hybridized carbons (Fsp3) is 0.467. The van der Waals surface area contributed by atoms with E-state index in [2.05, 4.69) is 20.5 Å². The molecule has 0 spiro atoms. The minimum absolute atomic E-state index is 0.0721. The van der Waals surface area contributed by atoms with Crippen molar-refractivity contribution in [3.63, 3.8) is 0 Å². The van der Waals surface area contributed by atoms with Gasteiger partial charge in [0.1, 0.15) is 0 Å². The lowest BCUT2D eigenvalue weighted by atomic mass is 10.2. The van der Waals surface area contributed by atoms with Crippen LogP contribution in [0.25, 0.3) is 11.4 Å². The molecule has 2 aromatic rings. The Labute approximate surface area is 133 Å². The molecule has 1 saturated carbocycles. The van der Waals surface area contributed by atoms with Crippen molar-refractivity contribution < 1.29 is 4.79 Å². The van der Waals surface area contributed by atoms with Crippen LogP contribution < -0.4 is 5.32 Å². The number of pyridine rings is 1. The van der Waals surface area contributed by atoms with E-state index in [1.165, 1.54) is 24.6 Å². The van der Waals surface area contributed by atoms with Crippen molar-refractivity contribution in [2.24, 2.45) is 7.05 Å². The highest BCUT2D eigenvalue weighted by molar-refractivity contribution is 7.99. The lowest BCUT2D eigenvalue weighted by Crippen LogP contribution is -2.33. The van der Waals surface area contributed by atoms with Gasteiger partial charge in [0.25, 0.3) is 0 Å². The number of aromatic nitrogens is 4. The number of nitrogens with zero attached hydrogens (tertiary/aromatic N) is 4. The molecular weight excluding hydrogens is 298 g/mol. The van der Waals surface area contributed by atoms with E-state index < -0.39 is 0 Å². The Balaban J connectivity index is 1.59. The highest BCUT2D eigenvalue weighted by Gasteiger charge is 2.18. The van der Waals surface area contributed by atoms with Crippen LogP contribution in [0.3, 0.4) is 0 Å². The molecule has 6 nitrogen and oxygen atoms in total. The summed E-state index contributed by atoms with van der Waals surface area (Å²) < 4.78 is 1.89. The van der Waals surface area contributed by atoms with Gasteiger partial charge in [-0.05, 0) is 25.0 Å². The molecule has 1 fully saturated rings. The Kier molecular flexibility index (Phi) is 4.72. The zero-order valence-corrected chi connectivity index (χ0v) is 13.3. The summed E-state index contributed by atoms with van der Waals surface area (Å²) in [5.74, 6) is 1.20. The molecule has 2 heterocycles. The van der Waals surface area contributed by atoms with Crippen molar-refractivity contribution in [2.75, 3.05) is 5.75 Å². The number of carbonyl (C=O) groups excluding carboxylic acids is 1. The minimum atomic E-state index is 0.0721. The molecule has 0 radical (unpaired) electrons. The summed E-state index contributed by atoms with van der Waals surface area (Å²) in [6, 6.07) is 4.17. The summed E-state index contributed by atoms with van der Waals surface area (Å²) >= 11 is 1.41. The van der Waals surface area contributed by atoms with Gasteiger partial charge in [-0.2, -0.15) is 0 Å². The molecular formula is C15H19N5OS. The average molecular weight is 317 g/mol. The SMILES string of the molecule is Cn1c(SCC(=O)NC2CCCC2)nnc1-c1cccnc1. The van der Waals surface area contributed by atoms with Gasteiger partial charge in [-0.1, -0.05) is 24.6 Å². The summed E-state index contributed by atoms with van der Waals surface area (Å²) in [5.41, 5.74) is 0.916. The van der Waals surface area contributed by atoms with Crippen LogP contribution in [0, 0.1) is 0 Å². The topological polar surface area (TPSA) is 72.7 Å². The van der Waals surface area contributed by atoms with E-state index in [1.54, 1.807) is 12.4 Å². The van der Waals surface area contributed by atoms with Crippen LogP contribution in [0.4, 0.5) is 0 Å². The van der Waals surface area contributed by atoms with Crippen molar-refractivity contribution in [2.45, 2.75) is 36.9 Å². The molecule has 0 unspecified atom stereocenters. The Morgan fingerprint density at radius 3 is 2.95 bits per heavy atom. The summed E-state index contributed by atoms with van der Waals surface area (Å²) in [7, 11) is 1.90. The first-order chi connectivity index (χ1) is 10.7. The molecule has 0 bridgehead atoms. The number of hydrogen-bond donors (Lipinski definition) is 1. The molecule has 1 N–H and O–H groups in total. The molecule has 0 saturated heterocycles. The summed E-state index contributed by atoms with van der Waals surface area (Å²) in [6.45, 7) is 0. The van der Waals surface area contributed by atoms with Gasteiger partial charge in [-0.15, -0.1) is 10.2 Å². The smallest absolute Gasteiger partial charge is 0.230 e. The van der Waals surface area contributed by atoms with Crippen LogP contribution in [-0.2, 0) is 11.8 Å². The normalized spacial score (nSPS) is 15.1. The van der Waals surface area contributed by atoms with Gasteiger partial charge >= 0.3 is 0 Å². The highest BCUT2D eigenvalue weighted by Crippen LogP contribution is 2.22. The molecule has 0 aromatic carbocycles. The van der Waals surface area contributed by atoms with Crippen LogP contribution >= 0.6 is 11.8 Å². The molecule has 7 heteroatoms. The number of amides is 1. The van der Waals surface area contributed by atoms with Crippen LogP contribution in [0.2, 0.25) is 0 Å². The highest BCUT2D eigenvalue weighted by atomic mass is 32.2. The molecule has 116 valence electrons. The number of thioether (sulfide) groups is 1. The largest absolute Gasteiger partial charge is 0.353 e. The maximum atomic E-state index is 12.0. The van der Waals surface area contributed by atoms with Gasteiger partial charge in [0, 0.05) is 31.0 Å². The van der Waals surface area contributed by atoms with E-state index in [4.69, 9.17) is 0 Å². The Morgan fingerprint density at radius 2 is 2.23 bits per heavy atom. The monoisotopic (exact) mass is 317 g/mol. The molecule has 1 aliphatic rings. The fourth-order valence-electron chi connectivity index (χ4n) is 2.66. The lowest BCUT2D eigenvalue weighted by Gasteiger charge is -2.11.